The fraction of sp³-hybridized carbons (Fsp3) is 0.636. The quantitative estimate of drug-likeness (QED) is 0.559. The molecule has 9 nitrogen and oxygen atoms in total. The van der Waals surface area contributed by atoms with Crippen molar-refractivity contribution in [3.05, 3.63) is 0 Å². The standard InChI is InChI=1S/C11H16N2O7/c1-20-10(18)6-2-3-13(5-6)11(19)12-7(9(16)17)4-8(14)15/h6-7H,2-5H2,1H3,(H,12,19)(H,14,15)(H,16,17). The molecule has 3 N–H and O–H groups in total. The minimum absolute atomic E-state index is 0.123. The van der Waals surface area contributed by atoms with Crippen LogP contribution in [-0.2, 0) is 19.1 Å². The van der Waals surface area contributed by atoms with Crippen LogP contribution in [0.3, 0.4) is 0 Å². The van der Waals surface area contributed by atoms with Gasteiger partial charge in [-0.15, -0.1) is 0 Å². The Morgan fingerprint density at radius 2 is 2.00 bits per heavy atom. The lowest BCUT2D eigenvalue weighted by atomic mass is 10.1. The zero-order valence-electron chi connectivity index (χ0n) is 10.9. The van der Waals surface area contributed by atoms with Gasteiger partial charge in [-0.1, -0.05) is 0 Å². The number of amides is 2. The minimum atomic E-state index is -1.50. The number of aliphatic carboxylic acids is 2. The van der Waals surface area contributed by atoms with E-state index in [0.29, 0.717) is 6.42 Å². The topological polar surface area (TPSA) is 133 Å². The van der Waals surface area contributed by atoms with Crippen LogP contribution in [-0.4, -0.2) is 65.3 Å². The van der Waals surface area contributed by atoms with Gasteiger partial charge in [-0.05, 0) is 6.42 Å². The van der Waals surface area contributed by atoms with E-state index < -0.39 is 42.3 Å². The Bertz CT molecular complexity index is 423. The maximum absolute atomic E-state index is 11.8. The Kier molecular flexibility index (Phi) is 5.30. The molecule has 1 rings (SSSR count). The highest BCUT2D eigenvalue weighted by molar-refractivity contribution is 5.86. The molecule has 0 bridgehead atoms. The predicted molar refractivity (Wildman–Crippen MR) is 63.9 cm³/mol. The highest BCUT2D eigenvalue weighted by Gasteiger charge is 2.33. The smallest absolute Gasteiger partial charge is 0.326 e. The lowest BCUT2D eigenvalue weighted by Crippen LogP contribution is -2.48. The summed E-state index contributed by atoms with van der Waals surface area (Å²) in [5.41, 5.74) is 0. The third-order valence-corrected chi connectivity index (χ3v) is 2.98. The highest BCUT2D eigenvalue weighted by atomic mass is 16.5. The van der Waals surface area contributed by atoms with Crippen LogP contribution in [0.4, 0.5) is 4.79 Å². The second-order valence-electron chi connectivity index (χ2n) is 4.39. The molecule has 0 aromatic carbocycles. The number of hydrogen-bond acceptors (Lipinski definition) is 5. The normalized spacial score (nSPS) is 19.2. The zero-order chi connectivity index (χ0) is 15.3. The molecule has 112 valence electrons. The number of ether oxygens (including phenoxy) is 1. The Morgan fingerprint density at radius 1 is 1.35 bits per heavy atom. The van der Waals surface area contributed by atoms with E-state index in [4.69, 9.17) is 10.2 Å². The van der Waals surface area contributed by atoms with Gasteiger partial charge < -0.3 is 25.2 Å². The second-order valence-corrected chi connectivity index (χ2v) is 4.39. The number of rotatable bonds is 5. The van der Waals surface area contributed by atoms with Crippen molar-refractivity contribution in [3.8, 4) is 0 Å². The van der Waals surface area contributed by atoms with Crippen LogP contribution in [0.1, 0.15) is 12.8 Å². The van der Waals surface area contributed by atoms with E-state index in [0.717, 1.165) is 0 Å². The van der Waals surface area contributed by atoms with Crippen molar-refractivity contribution in [1.82, 2.24) is 10.2 Å². The van der Waals surface area contributed by atoms with E-state index in [2.05, 4.69) is 10.1 Å². The average molecular weight is 288 g/mol. The van der Waals surface area contributed by atoms with E-state index in [1.165, 1.54) is 12.0 Å². The third-order valence-electron chi connectivity index (χ3n) is 2.98. The molecule has 0 aromatic rings. The molecule has 0 spiro atoms. The molecule has 2 atom stereocenters. The Balaban J connectivity index is 2.56. The SMILES string of the molecule is COC(=O)C1CCN(C(=O)NC(CC(=O)O)C(=O)O)C1. The maximum atomic E-state index is 11.8. The van der Waals surface area contributed by atoms with Crippen LogP contribution >= 0.6 is 0 Å². The van der Waals surface area contributed by atoms with Crippen molar-refractivity contribution in [1.29, 1.82) is 0 Å². The van der Waals surface area contributed by atoms with Crippen LogP contribution in [0, 0.1) is 5.92 Å². The van der Waals surface area contributed by atoms with Gasteiger partial charge in [-0.3, -0.25) is 9.59 Å². The Hall–Kier alpha value is -2.32. The van der Waals surface area contributed by atoms with Gasteiger partial charge in [0, 0.05) is 13.1 Å². The number of carbonyl (C=O) groups excluding carboxylic acids is 2. The van der Waals surface area contributed by atoms with Gasteiger partial charge in [-0.2, -0.15) is 0 Å². The van der Waals surface area contributed by atoms with E-state index in [1.54, 1.807) is 0 Å². The summed E-state index contributed by atoms with van der Waals surface area (Å²) in [6.45, 7) is 0.406. The summed E-state index contributed by atoms with van der Waals surface area (Å²) in [5, 5.41) is 19.5. The van der Waals surface area contributed by atoms with Gasteiger partial charge in [-0.25, -0.2) is 9.59 Å². The largest absolute Gasteiger partial charge is 0.481 e. The van der Waals surface area contributed by atoms with Crippen LogP contribution in [0.5, 0.6) is 0 Å². The summed E-state index contributed by atoms with van der Waals surface area (Å²) in [4.78, 5) is 45.7. The van der Waals surface area contributed by atoms with E-state index in [-0.39, 0.29) is 13.1 Å². The molecule has 2 unspecified atom stereocenters. The van der Waals surface area contributed by atoms with Crippen LogP contribution in [0.2, 0.25) is 0 Å². The molecule has 20 heavy (non-hydrogen) atoms. The molecule has 1 saturated heterocycles. The number of likely N-dealkylation sites (tertiary alicyclic amines) is 1. The molecular weight excluding hydrogens is 272 g/mol. The van der Waals surface area contributed by atoms with Gasteiger partial charge in [0.2, 0.25) is 0 Å². The van der Waals surface area contributed by atoms with Gasteiger partial charge >= 0.3 is 23.9 Å². The summed E-state index contributed by atoms with van der Waals surface area (Å²) in [6.07, 6.45) is -0.286. The lowest BCUT2D eigenvalue weighted by molar-refractivity contribution is -0.145. The number of carboxylic acid groups (broad SMARTS) is 2. The molecule has 2 amide bonds. The summed E-state index contributed by atoms with van der Waals surface area (Å²) in [7, 11) is 1.25. The van der Waals surface area contributed by atoms with Crippen molar-refractivity contribution < 1.29 is 34.1 Å². The second kappa shape index (κ2) is 6.73. The first-order valence-corrected chi connectivity index (χ1v) is 5.93. The molecule has 0 radical (unpaired) electrons. The van der Waals surface area contributed by atoms with Gasteiger partial charge in [0.1, 0.15) is 6.04 Å². The first-order chi connectivity index (χ1) is 9.35. The molecule has 1 fully saturated rings. The fourth-order valence-corrected chi connectivity index (χ4v) is 1.92. The predicted octanol–water partition coefficient (Wildman–Crippen LogP) is -0.881. The number of esters is 1. The maximum Gasteiger partial charge on any atom is 0.326 e. The molecular formula is C11H16N2O7. The van der Waals surface area contributed by atoms with Crippen LogP contribution in [0.15, 0.2) is 0 Å². The summed E-state index contributed by atoms with van der Waals surface area (Å²) in [6, 6.07) is -2.21. The number of carboxylic acids is 2. The van der Waals surface area contributed by atoms with Crippen LogP contribution < -0.4 is 5.32 Å². The first kappa shape index (κ1) is 15.7. The van der Waals surface area contributed by atoms with Crippen molar-refractivity contribution >= 4 is 23.9 Å². The molecule has 9 heteroatoms. The summed E-state index contributed by atoms with van der Waals surface area (Å²) >= 11 is 0. The molecule has 1 heterocycles. The molecule has 1 aliphatic rings. The van der Waals surface area contributed by atoms with Crippen molar-refractivity contribution in [2.75, 3.05) is 20.2 Å². The fourth-order valence-electron chi connectivity index (χ4n) is 1.92. The summed E-state index contributed by atoms with van der Waals surface area (Å²) in [5.74, 6) is -3.62. The average Bonchev–Trinajstić information content (AvgIpc) is 2.85. The number of urea groups is 1. The first-order valence-electron chi connectivity index (χ1n) is 5.93. The number of nitrogens with one attached hydrogen (secondary N) is 1. The molecule has 1 aliphatic heterocycles. The van der Waals surface area contributed by atoms with Gasteiger partial charge in [0.05, 0.1) is 19.4 Å². The van der Waals surface area contributed by atoms with Crippen LogP contribution in [0.25, 0.3) is 0 Å². The highest BCUT2D eigenvalue weighted by Crippen LogP contribution is 2.17. The number of nitrogens with zero attached hydrogens (tertiary/aromatic N) is 1. The van der Waals surface area contributed by atoms with Gasteiger partial charge in [0.25, 0.3) is 0 Å². The minimum Gasteiger partial charge on any atom is -0.481 e. The Morgan fingerprint density at radius 3 is 2.50 bits per heavy atom. The summed E-state index contributed by atoms with van der Waals surface area (Å²) < 4.78 is 4.57. The van der Waals surface area contributed by atoms with Crippen molar-refractivity contribution in [2.24, 2.45) is 5.92 Å². The van der Waals surface area contributed by atoms with E-state index in [9.17, 15) is 19.2 Å². The number of carbonyl (C=O) groups is 4. The van der Waals surface area contributed by atoms with Gasteiger partial charge in [0.15, 0.2) is 0 Å². The lowest BCUT2D eigenvalue weighted by Gasteiger charge is -2.20. The number of methoxy groups -OCH3 is 1. The zero-order valence-corrected chi connectivity index (χ0v) is 10.9. The van der Waals surface area contributed by atoms with E-state index >= 15 is 0 Å². The number of hydrogen-bond donors (Lipinski definition) is 3. The van der Waals surface area contributed by atoms with Crippen molar-refractivity contribution in [2.45, 2.75) is 18.9 Å². The molecule has 0 saturated carbocycles. The monoisotopic (exact) mass is 288 g/mol. The molecule has 0 aromatic heterocycles. The third kappa shape index (κ3) is 4.11. The van der Waals surface area contributed by atoms with Crippen molar-refractivity contribution in [3.63, 3.8) is 0 Å². The van der Waals surface area contributed by atoms with E-state index in [1.807, 2.05) is 0 Å². The Labute approximate surface area is 114 Å². The molecule has 0 aliphatic carbocycles.